The van der Waals surface area contributed by atoms with Gasteiger partial charge in [0.1, 0.15) is 10.6 Å². The molecule has 0 aliphatic carbocycles. The Morgan fingerprint density at radius 2 is 1.58 bits per heavy atom. The van der Waals surface area contributed by atoms with Crippen LogP contribution in [-0.2, 0) is 9.59 Å². The quantitative estimate of drug-likeness (QED) is 0.0644. The lowest BCUT2D eigenvalue weighted by molar-refractivity contribution is -0.136. The fourth-order valence-corrected chi connectivity index (χ4v) is 5.41. The van der Waals surface area contributed by atoms with Crippen LogP contribution >= 0.6 is 22.9 Å². The van der Waals surface area contributed by atoms with Gasteiger partial charge in [-0.1, -0.05) is 54.1 Å². The van der Waals surface area contributed by atoms with Crippen LogP contribution in [0.4, 0.5) is 11.4 Å². The number of nitrogens with zero attached hydrogens (tertiary/aromatic N) is 1. The zero-order chi connectivity index (χ0) is 30.3. The highest BCUT2D eigenvalue weighted by molar-refractivity contribution is 7.21. The van der Waals surface area contributed by atoms with Gasteiger partial charge in [0.05, 0.1) is 22.5 Å². The molecule has 0 radical (unpaired) electrons. The molecular weight excluding hydrogens is 588 g/mol. The second kappa shape index (κ2) is 13.1. The summed E-state index contributed by atoms with van der Waals surface area (Å²) < 4.78 is 6.34. The van der Waals surface area contributed by atoms with E-state index in [2.05, 4.69) is 21.2 Å². The molecule has 0 saturated heterocycles. The van der Waals surface area contributed by atoms with Crippen molar-refractivity contribution < 1.29 is 23.9 Å². The molecule has 1 aromatic heterocycles. The SMILES string of the molecule is Cc1cccc(NC(=O)c2ccccc2NC(=O)C(=O)N/N=C\c2ccc(OC(=O)c3sc4ccccc4c3Cl)cc2)c1. The lowest BCUT2D eigenvalue weighted by atomic mass is 10.1. The van der Waals surface area contributed by atoms with Gasteiger partial charge in [0, 0.05) is 15.8 Å². The van der Waals surface area contributed by atoms with E-state index in [1.807, 2.05) is 49.4 Å². The van der Waals surface area contributed by atoms with Crippen molar-refractivity contribution in [3.8, 4) is 5.75 Å². The van der Waals surface area contributed by atoms with Crippen LogP contribution in [0.25, 0.3) is 10.1 Å². The van der Waals surface area contributed by atoms with Crippen molar-refractivity contribution in [3.05, 3.63) is 124 Å². The molecule has 0 spiro atoms. The summed E-state index contributed by atoms with van der Waals surface area (Å²) in [5.41, 5.74) is 4.65. The number of amides is 3. The molecule has 0 atom stereocenters. The van der Waals surface area contributed by atoms with Gasteiger partial charge in [-0.15, -0.1) is 11.3 Å². The van der Waals surface area contributed by atoms with Gasteiger partial charge >= 0.3 is 17.8 Å². The summed E-state index contributed by atoms with van der Waals surface area (Å²) in [5, 5.41) is 10.2. The van der Waals surface area contributed by atoms with E-state index in [0.29, 0.717) is 26.9 Å². The van der Waals surface area contributed by atoms with Crippen molar-refractivity contribution in [2.75, 3.05) is 10.6 Å². The number of anilines is 2. The standard InChI is InChI=1S/C32H23ClN4O5S/c1-19-7-6-8-21(17-19)35-29(38)23-9-2-4-11-25(23)36-30(39)31(40)37-34-18-20-13-15-22(16-14-20)42-32(41)28-27(33)24-10-3-5-12-26(24)43-28/h2-18H,1H3,(H,35,38)(H,36,39)(H,37,40)/b34-18-. The van der Waals surface area contributed by atoms with E-state index in [4.69, 9.17) is 16.3 Å². The van der Waals surface area contributed by atoms with Gasteiger partial charge in [0.25, 0.3) is 5.91 Å². The van der Waals surface area contributed by atoms with Gasteiger partial charge in [-0.25, -0.2) is 10.2 Å². The number of thiophene rings is 1. The fourth-order valence-electron chi connectivity index (χ4n) is 4.03. The molecule has 0 aliphatic heterocycles. The number of nitrogens with one attached hydrogen (secondary N) is 3. The Balaban J connectivity index is 1.15. The molecule has 0 aliphatic rings. The number of carbonyl (C=O) groups is 4. The zero-order valence-corrected chi connectivity index (χ0v) is 24.2. The van der Waals surface area contributed by atoms with Crippen LogP contribution in [0.2, 0.25) is 5.02 Å². The van der Waals surface area contributed by atoms with Gasteiger partial charge in [0.15, 0.2) is 0 Å². The minimum absolute atomic E-state index is 0.166. The van der Waals surface area contributed by atoms with E-state index in [1.165, 1.54) is 29.7 Å². The normalized spacial score (nSPS) is 10.8. The lowest BCUT2D eigenvalue weighted by Crippen LogP contribution is -2.33. The van der Waals surface area contributed by atoms with Gasteiger partial charge in [-0.2, -0.15) is 5.10 Å². The second-order valence-corrected chi connectivity index (χ2v) is 10.7. The van der Waals surface area contributed by atoms with E-state index in [9.17, 15) is 19.2 Å². The number of ether oxygens (including phenoxy) is 1. The van der Waals surface area contributed by atoms with Crippen molar-refractivity contribution in [1.29, 1.82) is 0 Å². The predicted octanol–water partition coefficient (Wildman–Crippen LogP) is 6.42. The molecule has 43 heavy (non-hydrogen) atoms. The first-order valence-corrected chi connectivity index (χ1v) is 14.1. The lowest BCUT2D eigenvalue weighted by Gasteiger charge is -2.11. The number of hydrogen-bond acceptors (Lipinski definition) is 7. The molecular formula is C32H23ClN4O5S. The largest absolute Gasteiger partial charge is 0.422 e. The topological polar surface area (TPSA) is 126 Å². The third-order valence-electron chi connectivity index (χ3n) is 6.09. The Labute approximate surface area is 255 Å². The third kappa shape index (κ3) is 7.13. The summed E-state index contributed by atoms with van der Waals surface area (Å²) in [6.07, 6.45) is 1.32. The van der Waals surface area contributed by atoms with E-state index >= 15 is 0 Å². The summed E-state index contributed by atoms with van der Waals surface area (Å²) in [6, 6.07) is 27.4. The third-order valence-corrected chi connectivity index (χ3v) is 7.75. The molecule has 0 saturated carbocycles. The van der Waals surface area contributed by atoms with Crippen LogP contribution in [0.1, 0.15) is 31.2 Å². The highest BCUT2D eigenvalue weighted by atomic mass is 35.5. The highest BCUT2D eigenvalue weighted by Gasteiger charge is 2.20. The van der Waals surface area contributed by atoms with Crippen molar-refractivity contribution in [2.45, 2.75) is 6.92 Å². The molecule has 0 bridgehead atoms. The van der Waals surface area contributed by atoms with Crippen LogP contribution in [0.3, 0.4) is 0 Å². The number of hydrazone groups is 1. The maximum atomic E-state index is 12.8. The van der Waals surface area contributed by atoms with Crippen LogP contribution in [0, 0.1) is 6.92 Å². The average Bonchev–Trinajstić information content (AvgIpc) is 3.34. The monoisotopic (exact) mass is 610 g/mol. The highest BCUT2D eigenvalue weighted by Crippen LogP contribution is 2.35. The maximum Gasteiger partial charge on any atom is 0.355 e. The molecule has 1 heterocycles. The predicted molar refractivity (Wildman–Crippen MR) is 168 cm³/mol. The van der Waals surface area contributed by atoms with E-state index in [1.54, 1.807) is 42.5 Å². The van der Waals surface area contributed by atoms with E-state index in [-0.39, 0.29) is 11.3 Å². The Morgan fingerprint density at radius 3 is 2.35 bits per heavy atom. The van der Waals surface area contributed by atoms with Gasteiger partial charge in [-0.3, -0.25) is 14.4 Å². The van der Waals surface area contributed by atoms with Crippen LogP contribution in [0.15, 0.2) is 102 Å². The number of aryl methyl sites for hydroxylation is 1. The van der Waals surface area contributed by atoms with Crippen molar-refractivity contribution in [3.63, 3.8) is 0 Å². The summed E-state index contributed by atoms with van der Waals surface area (Å²) >= 11 is 7.61. The minimum atomic E-state index is -1.03. The maximum absolute atomic E-state index is 12.8. The molecule has 5 rings (SSSR count). The number of benzene rings is 4. The molecule has 3 N–H and O–H groups in total. The van der Waals surface area contributed by atoms with Crippen LogP contribution < -0.4 is 20.8 Å². The molecule has 4 aromatic carbocycles. The summed E-state index contributed by atoms with van der Waals surface area (Å²) in [5.74, 6) is -2.75. The smallest absolute Gasteiger partial charge is 0.355 e. The molecule has 3 amide bonds. The molecule has 11 heteroatoms. The van der Waals surface area contributed by atoms with E-state index in [0.717, 1.165) is 15.6 Å². The molecule has 0 fully saturated rings. The van der Waals surface area contributed by atoms with Crippen molar-refractivity contribution in [1.82, 2.24) is 5.43 Å². The Bertz CT molecular complexity index is 1880. The van der Waals surface area contributed by atoms with Crippen molar-refractivity contribution in [2.24, 2.45) is 5.10 Å². The molecule has 5 aromatic rings. The first-order valence-electron chi connectivity index (χ1n) is 12.9. The van der Waals surface area contributed by atoms with Crippen molar-refractivity contribution >= 4 is 74.3 Å². The fraction of sp³-hybridized carbons (Fsp3) is 0.0312. The Kier molecular flexibility index (Phi) is 8.90. The summed E-state index contributed by atoms with van der Waals surface area (Å²) in [7, 11) is 0. The summed E-state index contributed by atoms with van der Waals surface area (Å²) in [6.45, 7) is 1.90. The number of hydrogen-bond donors (Lipinski definition) is 3. The number of para-hydroxylation sites is 1. The second-order valence-electron chi connectivity index (χ2n) is 9.22. The van der Waals surface area contributed by atoms with Gasteiger partial charge < -0.3 is 15.4 Å². The first-order chi connectivity index (χ1) is 20.8. The van der Waals surface area contributed by atoms with Gasteiger partial charge in [-0.05, 0) is 72.6 Å². The molecule has 0 unspecified atom stereocenters. The van der Waals surface area contributed by atoms with Crippen LogP contribution in [0.5, 0.6) is 5.75 Å². The average molecular weight is 611 g/mol. The van der Waals surface area contributed by atoms with Gasteiger partial charge in [0.2, 0.25) is 0 Å². The number of rotatable bonds is 7. The first kappa shape index (κ1) is 29.2. The summed E-state index contributed by atoms with van der Waals surface area (Å²) in [4.78, 5) is 50.6. The Morgan fingerprint density at radius 1 is 0.837 bits per heavy atom. The zero-order valence-electron chi connectivity index (χ0n) is 22.6. The minimum Gasteiger partial charge on any atom is -0.422 e. The van der Waals surface area contributed by atoms with E-state index < -0.39 is 23.7 Å². The van der Waals surface area contributed by atoms with Crippen LogP contribution in [-0.4, -0.2) is 29.9 Å². The number of fused-ring (bicyclic) bond motifs is 1. The Hall–Kier alpha value is -5.32. The number of carbonyl (C=O) groups excluding carboxylic acids is 4. The molecule has 214 valence electrons. The molecule has 9 nitrogen and oxygen atoms in total. The number of esters is 1. The number of halogens is 1.